The molecule has 1 unspecified atom stereocenters. The van der Waals surface area contributed by atoms with E-state index in [1.54, 1.807) is 14.2 Å². The van der Waals surface area contributed by atoms with Crippen LogP contribution in [0.4, 0.5) is 11.4 Å². The van der Waals surface area contributed by atoms with Crippen LogP contribution in [0.15, 0.2) is 60.7 Å². The largest absolute Gasteiger partial charge is 0.497 e. The van der Waals surface area contributed by atoms with Crippen LogP contribution < -0.4 is 19.5 Å². The van der Waals surface area contributed by atoms with Crippen molar-refractivity contribution in [1.82, 2.24) is 4.90 Å². The third-order valence-corrected chi connectivity index (χ3v) is 7.85. The zero-order valence-electron chi connectivity index (χ0n) is 22.3. The predicted molar refractivity (Wildman–Crippen MR) is 151 cm³/mol. The standard InChI is InChI=1S/C32H40N2O3/c1-35-29-12-9-24-21-26(8-7-25(24)22-29)31-16-15-30(36-2)23-32(31)33-27-10-13-28(14-11-27)37-20-19-34-17-5-3-4-6-18-34/h9-16,22-23,26,33H,3-8,17-21H2,1-2H3. The van der Waals surface area contributed by atoms with Crippen molar-refractivity contribution in [3.63, 3.8) is 0 Å². The van der Waals surface area contributed by atoms with Crippen molar-refractivity contribution < 1.29 is 14.2 Å². The Morgan fingerprint density at radius 2 is 1.49 bits per heavy atom. The van der Waals surface area contributed by atoms with Crippen LogP contribution in [0.5, 0.6) is 17.2 Å². The molecule has 0 radical (unpaired) electrons. The Morgan fingerprint density at radius 1 is 0.784 bits per heavy atom. The summed E-state index contributed by atoms with van der Waals surface area (Å²) in [5.41, 5.74) is 6.32. The second-order valence-corrected chi connectivity index (χ2v) is 10.3. The van der Waals surface area contributed by atoms with Gasteiger partial charge in [-0.2, -0.15) is 0 Å². The molecule has 5 heteroatoms. The molecule has 0 amide bonds. The molecule has 0 aromatic heterocycles. The van der Waals surface area contributed by atoms with E-state index in [2.05, 4.69) is 70.9 Å². The fourth-order valence-electron chi connectivity index (χ4n) is 5.69. The highest BCUT2D eigenvalue weighted by atomic mass is 16.5. The Morgan fingerprint density at radius 3 is 2.24 bits per heavy atom. The third kappa shape index (κ3) is 6.58. The molecule has 0 saturated carbocycles. The van der Waals surface area contributed by atoms with E-state index in [0.29, 0.717) is 5.92 Å². The van der Waals surface area contributed by atoms with E-state index < -0.39 is 0 Å². The lowest BCUT2D eigenvalue weighted by Gasteiger charge is -2.27. The first kappa shape index (κ1) is 25.5. The van der Waals surface area contributed by atoms with Crippen molar-refractivity contribution in [1.29, 1.82) is 0 Å². The SMILES string of the molecule is COc1ccc2c(c1)CCC(c1ccc(OC)cc1Nc1ccc(OCCN3CCCCCC3)cc1)C2. The van der Waals surface area contributed by atoms with Gasteiger partial charge in [0, 0.05) is 24.0 Å². The molecule has 1 atom stereocenters. The first-order valence-electron chi connectivity index (χ1n) is 13.8. The minimum Gasteiger partial charge on any atom is -0.497 e. The van der Waals surface area contributed by atoms with Crippen LogP contribution in [0.2, 0.25) is 0 Å². The highest BCUT2D eigenvalue weighted by Gasteiger charge is 2.23. The quantitative estimate of drug-likeness (QED) is 0.343. The summed E-state index contributed by atoms with van der Waals surface area (Å²) in [4.78, 5) is 2.54. The number of fused-ring (bicyclic) bond motifs is 1. The molecule has 0 bridgehead atoms. The summed E-state index contributed by atoms with van der Waals surface area (Å²) in [6, 6.07) is 21.2. The number of hydrogen-bond acceptors (Lipinski definition) is 5. The van der Waals surface area contributed by atoms with E-state index in [1.807, 2.05) is 0 Å². The first-order chi connectivity index (χ1) is 18.2. The number of likely N-dealkylation sites (tertiary alicyclic amines) is 1. The van der Waals surface area contributed by atoms with Gasteiger partial charge in [0.15, 0.2) is 0 Å². The second-order valence-electron chi connectivity index (χ2n) is 10.3. The van der Waals surface area contributed by atoms with Gasteiger partial charge in [-0.05, 0) is 110 Å². The topological polar surface area (TPSA) is 43.0 Å². The van der Waals surface area contributed by atoms with Gasteiger partial charge < -0.3 is 19.5 Å². The predicted octanol–water partition coefficient (Wildman–Crippen LogP) is 6.97. The molecule has 3 aromatic carbocycles. The zero-order valence-corrected chi connectivity index (χ0v) is 22.3. The fraction of sp³-hybridized carbons (Fsp3) is 0.438. The Hall–Kier alpha value is -3.18. The smallest absolute Gasteiger partial charge is 0.120 e. The van der Waals surface area contributed by atoms with E-state index in [4.69, 9.17) is 14.2 Å². The Kier molecular flexibility index (Phi) is 8.52. The van der Waals surface area contributed by atoms with E-state index in [0.717, 1.165) is 61.0 Å². The molecular weight excluding hydrogens is 460 g/mol. The fourth-order valence-corrected chi connectivity index (χ4v) is 5.69. The number of ether oxygens (including phenoxy) is 3. The molecule has 196 valence electrons. The number of methoxy groups -OCH3 is 2. The summed E-state index contributed by atoms with van der Waals surface area (Å²) in [6.07, 6.45) is 8.57. The maximum atomic E-state index is 6.06. The molecule has 5 rings (SSSR count). The maximum Gasteiger partial charge on any atom is 0.120 e. The minimum atomic E-state index is 0.455. The number of nitrogens with one attached hydrogen (secondary N) is 1. The highest BCUT2D eigenvalue weighted by molar-refractivity contribution is 5.66. The Labute approximate surface area is 221 Å². The second kappa shape index (κ2) is 12.4. The van der Waals surface area contributed by atoms with E-state index in [-0.39, 0.29) is 0 Å². The van der Waals surface area contributed by atoms with Gasteiger partial charge in [0.2, 0.25) is 0 Å². The molecule has 0 spiro atoms. The van der Waals surface area contributed by atoms with Crippen molar-refractivity contribution in [2.45, 2.75) is 50.9 Å². The molecule has 1 heterocycles. The molecule has 3 aromatic rings. The molecular formula is C32H40N2O3. The van der Waals surface area contributed by atoms with Crippen LogP contribution >= 0.6 is 0 Å². The van der Waals surface area contributed by atoms with Gasteiger partial charge in [0.1, 0.15) is 23.9 Å². The van der Waals surface area contributed by atoms with Crippen molar-refractivity contribution >= 4 is 11.4 Å². The van der Waals surface area contributed by atoms with Gasteiger partial charge in [-0.25, -0.2) is 0 Å². The monoisotopic (exact) mass is 500 g/mol. The summed E-state index contributed by atoms with van der Waals surface area (Å²) in [5.74, 6) is 3.18. The van der Waals surface area contributed by atoms with Crippen LogP contribution in [-0.2, 0) is 12.8 Å². The van der Waals surface area contributed by atoms with Gasteiger partial charge in [-0.1, -0.05) is 25.0 Å². The summed E-state index contributed by atoms with van der Waals surface area (Å²) in [6.45, 7) is 4.15. The Bertz CT molecular complexity index is 1150. The van der Waals surface area contributed by atoms with E-state index >= 15 is 0 Å². The number of nitrogens with zero attached hydrogens (tertiary/aromatic N) is 1. The lowest BCUT2D eigenvalue weighted by Crippen LogP contribution is -2.29. The van der Waals surface area contributed by atoms with Crippen molar-refractivity contribution in [2.75, 3.05) is 45.8 Å². The molecule has 37 heavy (non-hydrogen) atoms. The minimum absolute atomic E-state index is 0.455. The highest BCUT2D eigenvalue weighted by Crippen LogP contribution is 2.39. The van der Waals surface area contributed by atoms with Crippen LogP contribution in [0.1, 0.15) is 54.7 Å². The van der Waals surface area contributed by atoms with Gasteiger partial charge >= 0.3 is 0 Å². The third-order valence-electron chi connectivity index (χ3n) is 7.85. The van der Waals surface area contributed by atoms with Crippen molar-refractivity contribution in [3.8, 4) is 17.2 Å². The lowest BCUT2D eigenvalue weighted by molar-refractivity contribution is 0.214. The van der Waals surface area contributed by atoms with Crippen LogP contribution in [-0.4, -0.2) is 45.4 Å². The summed E-state index contributed by atoms with van der Waals surface area (Å²) in [5, 5.41) is 3.66. The average Bonchev–Trinajstić information content (AvgIpc) is 3.22. The van der Waals surface area contributed by atoms with Crippen LogP contribution in [0, 0.1) is 0 Å². The Balaban J connectivity index is 1.24. The number of hydrogen-bond donors (Lipinski definition) is 1. The van der Waals surface area contributed by atoms with Gasteiger partial charge in [0.05, 0.1) is 14.2 Å². The van der Waals surface area contributed by atoms with Gasteiger partial charge in [-0.3, -0.25) is 4.90 Å². The number of anilines is 2. The van der Waals surface area contributed by atoms with Crippen LogP contribution in [0.25, 0.3) is 0 Å². The molecule has 2 aliphatic rings. The summed E-state index contributed by atoms with van der Waals surface area (Å²) < 4.78 is 17.1. The molecule has 1 fully saturated rings. The number of aryl methyl sites for hydroxylation is 1. The number of benzene rings is 3. The average molecular weight is 501 g/mol. The first-order valence-corrected chi connectivity index (χ1v) is 13.8. The molecule has 1 aliphatic carbocycles. The van der Waals surface area contributed by atoms with Gasteiger partial charge in [0.25, 0.3) is 0 Å². The summed E-state index contributed by atoms with van der Waals surface area (Å²) >= 11 is 0. The molecule has 5 nitrogen and oxygen atoms in total. The van der Waals surface area contributed by atoms with E-state index in [9.17, 15) is 0 Å². The van der Waals surface area contributed by atoms with Crippen LogP contribution in [0.3, 0.4) is 0 Å². The normalized spacial score (nSPS) is 17.9. The lowest BCUT2D eigenvalue weighted by atomic mass is 9.79. The molecule has 1 N–H and O–H groups in total. The van der Waals surface area contributed by atoms with Crippen molar-refractivity contribution in [3.05, 3.63) is 77.4 Å². The molecule has 1 aliphatic heterocycles. The maximum absolute atomic E-state index is 6.06. The van der Waals surface area contributed by atoms with Gasteiger partial charge in [-0.15, -0.1) is 0 Å². The zero-order chi connectivity index (χ0) is 25.5. The van der Waals surface area contributed by atoms with Crippen molar-refractivity contribution in [2.24, 2.45) is 0 Å². The summed E-state index contributed by atoms with van der Waals surface area (Å²) in [7, 11) is 3.46. The molecule has 1 saturated heterocycles. The van der Waals surface area contributed by atoms with E-state index in [1.165, 1.54) is 55.5 Å². The number of rotatable bonds is 9.